The van der Waals surface area contributed by atoms with E-state index in [1.54, 1.807) is 0 Å². The SMILES string of the molecule is CC.CC.CCc1ncc(C)n1CC. The molecule has 0 aliphatic carbocycles. The Morgan fingerprint density at radius 1 is 1.14 bits per heavy atom. The van der Waals surface area contributed by atoms with Crippen LogP contribution in [0.3, 0.4) is 0 Å². The fraction of sp³-hybridized carbons (Fsp3) is 0.750. The van der Waals surface area contributed by atoms with E-state index in [4.69, 9.17) is 0 Å². The summed E-state index contributed by atoms with van der Waals surface area (Å²) in [5.74, 6) is 1.19. The molecular formula is C12H26N2. The summed E-state index contributed by atoms with van der Waals surface area (Å²) in [7, 11) is 0. The van der Waals surface area contributed by atoms with Gasteiger partial charge in [0, 0.05) is 24.9 Å². The first-order chi connectivity index (χ1) is 6.79. The van der Waals surface area contributed by atoms with E-state index in [1.165, 1.54) is 11.5 Å². The molecule has 1 rings (SSSR count). The summed E-state index contributed by atoms with van der Waals surface area (Å²) >= 11 is 0. The molecule has 14 heavy (non-hydrogen) atoms. The van der Waals surface area contributed by atoms with E-state index in [0.29, 0.717) is 0 Å². The topological polar surface area (TPSA) is 17.8 Å². The first-order valence-corrected chi connectivity index (χ1v) is 5.80. The quantitative estimate of drug-likeness (QED) is 0.706. The molecule has 0 fully saturated rings. The third kappa shape index (κ3) is 4.45. The minimum Gasteiger partial charge on any atom is -0.333 e. The van der Waals surface area contributed by atoms with Gasteiger partial charge >= 0.3 is 0 Å². The van der Waals surface area contributed by atoms with Crippen molar-refractivity contribution in [3.05, 3.63) is 17.7 Å². The van der Waals surface area contributed by atoms with Gasteiger partial charge < -0.3 is 4.57 Å². The van der Waals surface area contributed by atoms with Crippen LogP contribution in [-0.2, 0) is 13.0 Å². The predicted molar refractivity (Wildman–Crippen MR) is 64.7 cm³/mol. The van der Waals surface area contributed by atoms with Crippen molar-refractivity contribution >= 4 is 0 Å². The minimum absolute atomic E-state index is 1.03. The predicted octanol–water partition coefficient (Wildman–Crippen LogP) is 3.83. The van der Waals surface area contributed by atoms with Crippen LogP contribution in [0.15, 0.2) is 6.20 Å². The molecule has 1 heterocycles. The lowest BCUT2D eigenvalue weighted by molar-refractivity contribution is 0.687. The van der Waals surface area contributed by atoms with E-state index in [0.717, 1.165) is 13.0 Å². The average molecular weight is 198 g/mol. The molecule has 0 radical (unpaired) electrons. The maximum Gasteiger partial charge on any atom is 0.108 e. The van der Waals surface area contributed by atoms with Crippen LogP contribution in [0, 0.1) is 6.92 Å². The number of imidazole rings is 1. The van der Waals surface area contributed by atoms with Crippen molar-refractivity contribution in [1.29, 1.82) is 0 Å². The lowest BCUT2D eigenvalue weighted by atomic mass is 10.4. The summed E-state index contributed by atoms with van der Waals surface area (Å²) in [5, 5.41) is 0. The van der Waals surface area contributed by atoms with Crippen molar-refractivity contribution in [2.24, 2.45) is 0 Å². The number of aromatic nitrogens is 2. The maximum absolute atomic E-state index is 4.27. The zero-order valence-electron chi connectivity index (χ0n) is 10.9. The van der Waals surface area contributed by atoms with Gasteiger partial charge in [-0.3, -0.25) is 0 Å². The van der Waals surface area contributed by atoms with E-state index in [9.17, 15) is 0 Å². The maximum atomic E-state index is 4.27. The summed E-state index contributed by atoms with van der Waals surface area (Å²) in [5.41, 5.74) is 1.26. The lowest BCUT2D eigenvalue weighted by Gasteiger charge is -2.03. The average Bonchev–Trinajstić information content (AvgIpc) is 2.64. The van der Waals surface area contributed by atoms with Gasteiger partial charge in [-0.25, -0.2) is 4.98 Å². The van der Waals surface area contributed by atoms with Gasteiger partial charge in [-0.05, 0) is 13.8 Å². The van der Waals surface area contributed by atoms with Crippen molar-refractivity contribution in [2.45, 2.75) is 61.4 Å². The van der Waals surface area contributed by atoms with Crippen molar-refractivity contribution in [3.8, 4) is 0 Å². The monoisotopic (exact) mass is 198 g/mol. The van der Waals surface area contributed by atoms with Crippen LogP contribution in [0.5, 0.6) is 0 Å². The second-order valence-corrected chi connectivity index (χ2v) is 2.41. The fourth-order valence-corrected chi connectivity index (χ4v) is 1.22. The standard InChI is InChI=1S/C8H14N2.2C2H6/c1-4-8-9-6-7(3)10(8)5-2;2*1-2/h6H,4-5H2,1-3H3;2*1-2H3. The Morgan fingerprint density at radius 3 is 1.93 bits per heavy atom. The van der Waals surface area contributed by atoms with Crippen LogP contribution in [0.1, 0.15) is 53.1 Å². The Balaban J connectivity index is 0. The number of nitrogens with zero attached hydrogens (tertiary/aromatic N) is 2. The highest BCUT2D eigenvalue weighted by Crippen LogP contribution is 2.03. The van der Waals surface area contributed by atoms with Crippen molar-refractivity contribution in [1.82, 2.24) is 9.55 Å². The molecule has 1 aromatic heterocycles. The largest absolute Gasteiger partial charge is 0.333 e. The fourth-order valence-electron chi connectivity index (χ4n) is 1.22. The molecule has 0 aromatic carbocycles. The van der Waals surface area contributed by atoms with Crippen molar-refractivity contribution in [3.63, 3.8) is 0 Å². The van der Waals surface area contributed by atoms with E-state index < -0.39 is 0 Å². The van der Waals surface area contributed by atoms with E-state index in [-0.39, 0.29) is 0 Å². The third-order valence-electron chi connectivity index (χ3n) is 1.77. The summed E-state index contributed by atoms with van der Waals surface area (Å²) in [4.78, 5) is 4.27. The minimum atomic E-state index is 1.03. The smallest absolute Gasteiger partial charge is 0.108 e. The Bertz CT molecular complexity index is 214. The molecule has 0 saturated heterocycles. The Labute approximate surface area is 89.4 Å². The molecule has 0 unspecified atom stereocenters. The van der Waals surface area contributed by atoms with Gasteiger partial charge in [-0.2, -0.15) is 0 Å². The molecule has 1 aromatic rings. The molecule has 0 N–H and O–H groups in total. The van der Waals surface area contributed by atoms with Crippen LogP contribution in [-0.4, -0.2) is 9.55 Å². The number of hydrogen-bond acceptors (Lipinski definition) is 1. The van der Waals surface area contributed by atoms with E-state index >= 15 is 0 Å². The van der Waals surface area contributed by atoms with Gasteiger partial charge in [0.1, 0.15) is 5.82 Å². The van der Waals surface area contributed by atoms with Gasteiger partial charge in [0.25, 0.3) is 0 Å². The summed E-state index contributed by atoms with van der Waals surface area (Å²) in [6.45, 7) is 15.4. The molecule has 0 aliphatic heterocycles. The Hall–Kier alpha value is -0.790. The molecule has 2 heteroatoms. The Kier molecular flexibility index (Phi) is 11.5. The van der Waals surface area contributed by atoms with Gasteiger partial charge in [0.15, 0.2) is 0 Å². The lowest BCUT2D eigenvalue weighted by Crippen LogP contribution is -2.01. The first-order valence-electron chi connectivity index (χ1n) is 5.80. The van der Waals surface area contributed by atoms with E-state index in [2.05, 4.69) is 30.3 Å². The number of rotatable bonds is 2. The van der Waals surface area contributed by atoms with Crippen LogP contribution in [0.2, 0.25) is 0 Å². The molecular weight excluding hydrogens is 172 g/mol. The molecule has 0 amide bonds. The zero-order chi connectivity index (χ0) is 11.6. The van der Waals surface area contributed by atoms with Gasteiger partial charge in [0.05, 0.1) is 0 Å². The normalized spacial score (nSPS) is 8.21. The second kappa shape index (κ2) is 10.3. The number of hydrogen-bond donors (Lipinski definition) is 0. The summed E-state index contributed by atoms with van der Waals surface area (Å²) in [6, 6.07) is 0. The summed E-state index contributed by atoms with van der Waals surface area (Å²) in [6.07, 6.45) is 2.96. The van der Waals surface area contributed by atoms with Crippen LogP contribution in [0.25, 0.3) is 0 Å². The molecule has 0 bridgehead atoms. The van der Waals surface area contributed by atoms with Crippen LogP contribution in [0.4, 0.5) is 0 Å². The molecule has 84 valence electrons. The summed E-state index contributed by atoms with van der Waals surface area (Å²) < 4.78 is 2.24. The molecule has 0 spiro atoms. The van der Waals surface area contributed by atoms with Crippen molar-refractivity contribution < 1.29 is 0 Å². The highest BCUT2D eigenvalue weighted by molar-refractivity contribution is 5.02. The number of aryl methyl sites for hydroxylation is 2. The zero-order valence-corrected chi connectivity index (χ0v) is 10.9. The second-order valence-electron chi connectivity index (χ2n) is 2.41. The molecule has 0 aliphatic rings. The molecule has 0 atom stereocenters. The Morgan fingerprint density at radius 2 is 1.64 bits per heavy atom. The highest BCUT2D eigenvalue weighted by Gasteiger charge is 2.00. The van der Waals surface area contributed by atoms with Crippen LogP contribution >= 0.6 is 0 Å². The molecule has 0 saturated carbocycles. The van der Waals surface area contributed by atoms with E-state index in [1.807, 2.05) is 33.9 Å². The first kappa shape index (κ1) is 15.7. The highest BCUT2D eigenvalue weighted by atomic mass is 15.1. The molecule has 2 nitrogen and oxygen atoms in total. The van der Waals surface area contributed by atoms with Crippen LogP contribution < -0.4 is 0 Å². The van der Waals surface area contributed by atoms with Gasteiger partial charge in [0.2, 0.25) is 0 Å². The van der Waals surface area contributed by atoms with Crippen molar-refractivity contribution in [2.75, 3.05) is 0 Å². The van der Waals surface area contributed by atoms with Gasteiger partial charge in [-0.15, -0.1) is 0 Å². The van der Waals surface area contributed by atoms with Gasteiger partial charge in [-0.1, -0.05) is 34.6 Å². The third-order valence-corrected chi connectivity index (χ3v) is 1.77.